The van der Waals surface area contributed by atoms with Crippen LogP contribution in [-0.4, -0.2) is 33.5 Å². The second-order valence-electron chi connectivity index (χ2n) is 4.68. The average molecular weight is 297 g/mol. The summed E-state index contributed by atoms with van der Waals surface area (Å²) in [5, 5.41) is 5.95. The molecule has 0 aliphatic carbocycles. The topological polar surface area (TPSA) is 87.3 Å². The Morgan fingerprint density at radius 1 is 1.35 bits per heavy atom. The van der Waals surface area contributed by atoms with Gasteiger partial charge in [0.05, 0.1) is 5.69 Å². The van der Waals surface area contributed by atoms with Gasteiger partial charge in [0.2, 0.25) is 15.9 Å². The van der Waals surface area contributed by atoms with Crippen LogP contribution in [0.25, 0.3) is 0 Å². The van der Waals surface area contributed by atoms with E-state index in [1.165, 1.54) is 0 Å². The maximum absolute atomic E-state index is 12.1. The third-order valence-electron chi connectivity index (χ3n) is 3.13. The molecule has 20 heavy (non-hydrogen) atoms. The normalized spacial score (nSPS) is 18.9. The standard InChI is InChI=1S/C13H19N3O3S/c1-2-15-20(18,19)12-6-4-3-5-11(12)14-9-10-7-8-13(17)16-10/h3-6,10,14-15H,2,7-9H2,1H3,(H,16,17). The minimum Gasteiger partial charge on any atom is -0.382 e. The summed E-state index contributed by atoms with van der Waals surface area (Å²) in [6.07, 6.45) is 1.30. The van der Waals surface area contributed by atoms with E-state index in [1.807, 2.05) is 0 Å². The summed E-state index contributed by atoms with van der Waals surface area (Å²) in [4.78, 5) is 11.4. The number of hydrogen-bond donors (Lipinski definition) is 3. The van der Waals surface area contributed by atoms with E-state index >= 15 is 0 Å². The molecule has 3 N–H and O–H groups in total. The van der Waals surface area contributed by atoms with Crippen molar-refractivity contribution < 1.29 is 13.2 Å². The van der Waals surface area contributed by atoms with Crippen LogP contribution in [0.1, 0.15) is 19.8 Å². The molecule has 2 rings (SSSR count). The maximum atomic E-state index is 12.1. The van der Waals surface area contributed by atoms with Crippen LogP contribution in [0.3, 0.4) is 0 Å². The van der Waals surface area contributed by atoms with Crippen molar-refractivity contribution in [1.29, 1.82) is 0 Å². The first kappa shape index (κ1) is 14.8. The minimum absolute atomic E-state index is 0.0466. The van der Waals surface area contributed by atoms with Crippen LogP contribution < -0.4 is 15.4 Å². The number of rotatable bonds is 6. The summed E-state index contributed by atoms with van der Waals surface area (Å²) >= 11 is 0. The summed E-state index contributed by atoms with van der Waals surface area (Å²) in [6.45, 7) is 2.60. The Morgan fingerprint density at radius 2 is 2.10 bits per heavy atom. The highest BCUT2D eigenvalue weighted by Crippen LogP contribution is 2.21. The third kappa shape index (κ3) is 3.49. The predicted molar refractivity (Wildman–Crippen MR) is 77.0 cm³/mol. The summed E-state index contributed by atoms with van der Waals surface area (Å²) in [5.41, 5.74) is 0.551. The highest BCUT2D eigenvalue weighted by Gasteiger charge is 2.22. The molecule has 0 radical (unpaired) electrons. The number of amides is 1. The fourth-order valence-electron chi connectivity index (χ4n) is 2.18. The summed E-state index contributed by atoms with van der Waals surface area (Å²) in [7, 11) is -3.50. The van der Waals surface area contributed by atoms with Gasteiger partial charge in [-0.15, -0.1) is 0 Å². The molecule has 0 aromatic heterocycles. The number of carbonyl (C=O) groups is 1. The van der Waals surface area contributed by atoms with E-state index in [2.05, 4.69) is 15.4 Å². The van der Waals surface area contributed by atoms with E-state index < -0.39 is 10.0 Å². The Hall–Kier alpha value is -1.60. The van der Waals surface area contributed by atoms with Crippen LogP contribution in [0.15, 0.2) is 29.2 Å². The lowest BCUT2D eigenvalue weighted by Gasteiger charge is -2.15. The average Bonchev–Trinajstić information content (AvgIpc) is 2.82. The molecule has 6 nitrogen and oxygen atoms in total. The molecule has 1 aliphatic rings. The molecule has 7 heteroatoms. The highest BCUT2D eigenvalue weighted by atomic mass is 32.2. The zero-order valence-corrected chi connectivity index (χ0v) is 12.2. The Balaban J connectivity index is 2.10. The molecule has 110 valence electrons. The number of sulfonamides is 1. The third-order valence-corrected chi connectivity index (χ3v) is 4.74. The first-order valence-electron chi connectivity index (χ1n) is 6.65. The maximum Gasteiger partial charge on any atom is 0.242 e. The fourth-order valence-corrected chi connectivity index (χ4v) is 3.40. The van der Waals surface area contributed by atoms with E-state index in [0.29, 0.717) is 25.2 Å². The molecule has 1 aromatic rings. The van der Waals surface area contributed by atoms with Crippen molar-refractivity contribution >= 4 is 21.6 Å². The Morgan fingerprint density at radius 3 is 2.75 bits per heavy atom. The van der Waals surface area contributed by atoms with Gasteiger partial charge in [0.15, 0.2) is 0 Å². The van der Waals surface area contributed by atoms with Crippen molar-refractivity contribution in [1.82, 2.24) is 10.0 Å². The molecule has 0 saturated carbocycles. The largest absolute Gasteiger partial charge is 0.382 e. The van der Waals surface area contributed by atoms with Crippen molar-refractivity contribution in [2.45, 2.75) is 30.7 Å². The first-order valence-corrected chi connectivity index (χ1v) is 8.13. The fraction of sp³-hybridized carbons (Fsp3) is 0.462. The number of hydrogen-bond acceptors (Lipinski definition) is 4. The summed E-state index contributed by atoms with van der Waals surface area (Å²) < 4.78 is 26.6. The minimum atomic E-state index is -3.50. The van der Waals surface area contributed by atoms with Gasteiger partial charge in [0.1, 0.15) is 4.90 Å². The molecule has 0 spiro atoms. The number of benzene rings is 1. The van der Waals surface area contributed by atoms with Crippen molar-refractivity contribution in [2.24, 2.45) is 0 Å². The monoisotopic (exact) mass is 297 g/mol. The second kappa shape index (κ2) is 6.23. The molecule has 1 aliphatic heterocycles. The van der Waals surface area contributed by atoms with Crippen LogP contribution in [0.4, 0.5) is 5.69 Å². The second-order valence-corrected chi connectivity index (χ2v) is 6.42. The van der Waals surface area contributed by atoms with Crippen molar-refractivity contribution in [3.05, 3.63) is 24.3 Å². The zero-order valence-electron chi connectivity index (χ0n) is 11.3. The van der Waals surface area contributed by atoms with Crippen LogP contribution in [0.2, 0.25) is 0 Å². The number of carbonyl (C=O) groups excluding carboxylic acids is 1. The van der Waals surface area contributed by atoms with Gasteiger partial charge in [-0.25, -0.2) is 13.1 Å². The highest BCUT2D eigenvalue weighted by molar-refractivity contribution is 7.89. The smallest absolute Gasteiger partial charge is 0.242 e. The van der Waals surface area contributed by atoms with Gasteiger partial charge >= 0.3 is 0 Å². The zero-order chi connectivity index (χ0) is 14.6. The predicted octanol–water partition coefficient (Wildman–Crippen LogP) is 0.675. The van der Waals surface area contributed by atoms with Crippen molar-refractivity contribution in [2.75, 3.05) is 18.4 Å². The van der Waals surface area contributed by atoms with Crippen LogP contribution >= 0.6 is 0 Å². The Labute approximate surface area is 119 Å². The molecule has 1 aromatic carbocycles. The van der Waals surface area contributed by atoms with Gasteiger partial charge in [-0.1, -0.05) is 19.1 Å². The number of para-hydroxylation sites is 1. The van der Waals surface area contributed by atoms with E-state index in [0.717, 1.165) is 6.42 Å². The number of nitrogens with one attached hydrogen (secondary N) is 3. The molecule has 1 atom stereocenters. The molecule has 1 amide bonds. The van der Waals surface area contributed by atoms with E-state index in [9.17, 15) is 13.2 Å². The van der Waals surface area contributed by atoms with Crippen LogP contribution in [-0.2, 0) is 14.8 Å². The molecule has 1 unspecified atom stereocenters. The molecular weight excluding hydrogens is 278 g/mol. The van der Waals surface area contributed by atoms with Crippen molar-refractivity contribution in [3.63, 3.8) is 0 Å². The molecule has 1 saturated heterocycles. The van der Waals surface area contributed by atoms with Gasteiger partial charge < -0.3 is 10.6 Å². The SMILES string of the molecule is CCNS(=O)(=O)c1ccccc1NCC1CCC(=O)N1. The molecular formula is C13H19N3O3S. The lowest BCUT2D eigenvalue weighted by molar-refractivity contribution is -0.119. The van der Waals surface area contributed by atoms with Gasteiger partial charge in [-0.05, 0) is 18.6 Å². The van der Waals surface area contributed by atoms with Gasteiger partial charge in [0, 0.05) is 25.6 Å². The lowest BCUT2D eigenvalue weighted by Crippen LogP contribution is -2.32. The lowest BCUT2D eigenvalue weighted by atomic mass is 10.2. The Bertz CT molecular complexity index is 586. The molecule has 0 bridgehead atoms. The van der Waals surface area contributed by atoms with Gasteiger partial charge in [-0.2, -0.15) is 0 Å². The molecule has 1 fully saturated rings. The van der Waals surface area contributed by atoms with Gasteiger partial charge in [0.25, 0.3) is 0 Å². The van der Waals surface area contributed by atoms with E-state index in [4.69, 9.17) is 0 Å². The van der Waals surface area contributed by atoms with Crippen LogP contribution in [0.5, 0.6) is 0 Å². The Kier molecular flexibility index (Phi) is 4.61. The van der Waals surface area contributed by atoms with E-state index in [1.54, 1.807) is 31.2 Å². The summed E-state index contributed by atoms with van der Waals surface area (Å²) in [6, 6.07) is 6.80. The van der Waals surface area contributed by atoms with E-state index in [-0.39, 0.29) is 16.8 Å². The number of anilines is 1. The van der Waals surface area contributed by atoms with Crippen LogP contribution in [0, 0.1) is 0 Å². The summed E-state index contributed by atoms with van der Waals surface area (Å²) in [5.74, 6) is 0.0466. The van der Waals surface area contributed by atoms with Crippen molar-refractivity contribution in [3.8, 4) is 0 Å². The first-order chi connectivity index (χ1) is 9.53. The van der Waals surface area contributed by atoms with Gasteiger partial charge in [-0.3, -0.25) is 4.79 Å². The molecule has 1 heterocycles. The quantitative estimate of drug-likeness (QED) is 0.720.